The van der Waals surface area contributed by atoms with E-state index < -0.39 is 0 Å². The maximum Gasteiger partial charge on any atom is 0.117 e. The molecule has 0 aliphatic rings. The molecular formula is C10H22B. The van der Waals surface area contributed by atoms with E-state index in [-0.39, 0.29) is 0 Å². The fourth-order valence-electron chi connectivity index (χ4n) is 0.775. The SMILES string of the molecule is CC(C)C[B]C(C)(C)C(C)C. The van der Waals surface area contributed by atoms with E-state index in [1.54, 1.807) is 0 Å². The molecule has 0 aromatic carbocycles. The molecule has 0 fully saturated rings. The van der Waals surface area contributed by atoms with Crippen molar-refractivity contribution in [2.24, 2.45) is 11.8 Å². The lowest BCUT2D eigenvalue weighted by atomic mass is 9.47. The van der Waals surface area contributed by atoms with Crippen molar-refractivity contribution in [3.8, 4) is 0 Å². The Balaban J connectivity index is 3.73. The first-order valence-electron chi connectivity index (χ1n) is 4.70. The molecule has 0 bridgehead atoms. The molecule has 0 heterocycles. The number of hydrogen-bond acceptors (Lipinski definition) is 0. The van der Waals surface area contributed by atoms with Gasteiger partial charge in [-0.3, -0.25) is 0 Å². The lowest BCUT2D eigenvalue weighted by Gasteiger charge is -2.29. The molecule has 1 heteroatoms. The van der Waals surface area contributed by atoms with E-state index in [2.05, 4.69) is 48.8 Å². The molecule has 0 aliphatic heterocycles. The normalized spacial score (nSPS) is 12.7. The van der Waals surface area contributed by atoms with Crippen molar-refractivity contribution in [2.45, 2.75) is 53.2 Å². The molecule has 0 aromatic rings. The van der Waals surface area contributed by atoms with Crippen LogP contribution in [0.3, 0.4) is 0 Å². The molecule has 0 nitrogen and oxygen atoms in total. The van der Waals surface area contributed by atoms with Crippen molar-refractivity contribution in [3.05, 3.63) is 0 Å². The summed E-state index contributed by atoms with van der Waals surface area (Å²) in [6, 6.07) is 0. The average Bonchev–Trinajstić information content (AvgIpc) is 1.84. The highest BCUT2D eigenvalue weighted by Crippen LogP contribution is 2.34. The highest BCUT2D eigenvalue weighted by molar-refractivity contribution is 6.39. The van der Waals surface area contributed by atoms with Gasteiger partial charge in [-0.15, -0.1) is 0 Å². The van der Waals surface area contributed by atoms with E-state index in [0.717, 1.165) is 11.8 Å². The third-order valence-electron chi connectivity index (χ3n) is 2.60. The van der Waals surface area contributed by atoms with Gasteiger partial charge in [0.1, 0.15) is 7.28 Å². The Bertz CT molecular complexity index is 103. The highest BCUT2D eigenvalue weighted by atomic mass is 14.2. The Morgan fingerprint density at radius 3 is 1.82 bits per heavy atom. The van der Waals surface area contributed by atoms with Gasteiger partial charge in [-0.05, 0) is 5.92 Å². The summed E-state index contributed by atoms with van der Waals surface area (Å²) in [4.78, 5) is 0. The molecular weight excluding hydrogens is 131 g/mol. The second-order valence-corrected chi connectivity index (χ2v) is 4.81. The van der Waals surface area contributed by atoms with Gasteiger partial charge in [-0.25, -0.2) is 0 Å². The first-order valence-corrected chi connectivity index (χ1v) is 4.70. The van der Waals surface area contributed by atoms with Crippen LogP contribution in [0.4, 0.5) is 0 Å². The van der Waals surface area contributed by atoms with Crippen LogP contribution >= 0.6 is 0 Å². The van der Waals surface area contributed by atoms with Crippen molar-refractivity contribution in [1.29, 1.82) is 0 Å². The fraction of sp³-hybridized carbons (Fsp3) is 1.00. The van der Waals surface area contributed by atoms with E-state index in [4.69, 9.17) is 0 Å². The number of rotatable bonds is 4. The third-order valence-corrected chi connectivity index (χ3v) is 2.60. The summed E-state index contributed by atoms with van der Waals surface area (Å²) in [7, 11) is 2.46. The van der Waals surface area contributed by atoms with Gasteiger partial charge in [0.15, 0.2) is 0 Å². The first-order chi connectivity index (χ1) is 4.86. The minimum atomic E-state index is 0.407. The Hall–Kier alpha value is 0.0649. The zero-order valence-electron chi connectivity index (χ0n) is 8.94. The van der Waals surface area contributed by atoms with E-state index in [1.165, 1.54) is 6.32 Å². The van der Waals surface area contributed by atoms with Gasteiger partial charge in [-0.2, -0.15) is 0 Å². The molecule has 0 spiro atoms. The molecule has 65 valence electrons. The molecule has 0 atom stereocenters. The summed E-state index contributed by atoms with van der Waals surface area (Å²) in [5.74, 6) is 1.55. The van der Waals surface area contributed by atoms with E-state index in [9.17, 15) is 0 Å². The Morgan fingerprint density at radius 2 is 1.55 bits per heavy atom. The second-order valence-electron chi connectivity index (χ2n) is 4.81. The van der Waals surface area contributed by atoms with Gasteiger partial charge >= 0.3 is 0 Å². The van der Waals surface area contributed by atoms with Crippen LogP contribution in [0.15, 0.2) is 0 Å². The maximum atomic E-state index is 2.46. The Labute approximate surface area is 73.0 Å². The fourth-order valence-corrected chi connectivity index (χ4v) is 0.775. The van der Waals surface area contributed by atoms with Crippen molar-refractivity contribution < 1.29 is 0 Å². The Morgan fingerprint density at radius 1 is 1.09 bits per heavy atom. The predicted octanol–water partition coefficient (Wildman–Crippen LogP) is 3.62. The number of hydrogen-bond donors (Lipinski definition) is 0. The molecule has 0 aromatic heterocycles. The molecule has 11 heavy (non-hydrogen) atoms. The average molecular weight is 153 g/mol. The van der Waals surface area contributed by atoms with Gasteiger partial charge in [0, 0.05) is 0 Å². The molecule has 0 unspecified atom stereocenters. The molecule has 0 aliphatic carbocycles. The zero-order chi connectivity index (χ0) is 9.07. The molecule has 0 N–H and O–H groups in total. The summed E-state index contributed by atoms with van der Waals surface area (Å²) < 4.78 is 0. The van der Waals surface area contributed by atoms with Crippen LogP contribution in [0.5, 0.6) is 0 Å². The predicted molar refractivity (Wildman–Crippen MR) is 54.3 cm³/mol. The van der Waals surface area contributed by atoms with Gasteiger partial charge in [0.25, 0.3) is 0 Å². The smallest absolute Gasteiger partial charge is 0.0773 e. The van der Waals surface area contributed by atoms with Crippen molar-refractivity contribution in [3.63, 3.8) is 0 Å². The van der Waals surface area contributed by atoms with Crippen molar-refractivity contribution in [1.82, 2.24) is 0 Å². The van der Waals surface area contributed by atoms with E-state index in [0.29, 0.717) is 5.31 Å². The summed E-state index contributed by atoms with van der Waals surface area (Å²) in [6.45, 7) is 13.8. The molecule has 0 rings (SSSR count). The van der Waals surface area contributed by atoms with Crippen molar-refractivity contribution in [2.75, 3.05) is 0 Å². The summed E-state index contributed by atoms with van der Waals surface area (Å²) in [5, 5.41) is 0.407. The minimum Gasteiger partial charge on any atom is -0.0773 e. The third kappa shape index (κ3) is 4.50. The van der Waals surface area contributed by atoms with Crippen LogP contribution in [0.25, 0.3) is 0 Å². The van der Waals surface area contributed by atoms with Gasteiger partial charge in [-0.1, -0.05) is 59.1 Å². The largest absolute Gasteiger partial charge is 0.117 e. The topological polar surface area (TPSA) is 0 Å². The molecule has 0 saturated carbocycles. The monoisotopic (exact) mass is 153 g/mol. The van der Waals surface area contributed by atoms with Crippen LogP contribution in [0.1, 0.15) is 41.5 Å². The van der Waals surface area contributed by atoms with Crippen LogP contribution in [-0.2, 0) is 0 Å². The standard InChI is InChI=1S/C10H22B/c1-8(2)7-11-10(5,6)9(3)4/h8-9H,7H2,1-6H3. The van der Waals surface area contributed by atoms with Gasteiger partial charge in [0.2, 0.25) is 0 Å². The van der Waals surface area contributed by atoms with Crippen LogP contribution in [0.2, 0.25) is 11.6 Å². The Kier molecular flexibility index (Phi) is 4.21. The van der Waals surface area contributed by atoms with Crippen LogP contribution in [-0.4, -0.2) is 7.28 Å². The lowest BCUT2D eigenvalue weighted by molar-refractivity contribution is 0.469. The molecule has 1 radical (unpaired) electrons. The van der Waals surface area contributed by atoms with Crippen molar-refractivity contribution >= 4 is 7.28 Å². The highest BCUT2D eigenvalue weighted by Gasteiger charge is 2.22. The zero-order valence-corrected chi connectivity index (χ0v) is 8.94. The van der Waals surface area contributed by atoms with Crippen LogP contribution < -0.4 is 0 Å². The minimum absolute atomic E-state index is 0.407. The first kappa shape index (κ1) is 11.1. The maximum absolute atomic E-state index is 2.46. The second kappa shape index (κ2) is 4.18. The summed E-state index contributed by atoms with van der Waals surface area (Å²) in [5.41, 5.74) is 0. The van der Waals surface area contributed by atoms with Gasteiger partial charge < -0.3 is 0 Å². The quantitative estimate of drug-likeness (QED) is 0.541. The summed E-state index contributed by atoms with van der Waals surface area (Å²) >= 11 is 0. The van der Waals surface area contributed by atoms with E-state index in [1.807, 2.05) is 0 Å². The van der Waals surface area contributed by atoms with Gasteiger partial charge in [0.05, 0.1) is 0 Å². The van der Waals surface area contributed by atoms with E-state index >= 15 is 0 Å². The molecule has 0 amide bonds. The lowest BCUT2D eigenvalue weighted by Crippen LogP contribution is -2.20. The van der Waals surface area contributed by atoms with Crippen LogP contribution in [0, 0.1) is 11.8 Å². The molecule has 0 saturated heterocycles. The summed E-state index contributed by atoms with van der Waals surface area (Å²) in [6.07, 6.45) is 1.24.